The van der Waals surface area contributed by atoms with Crippen LogP contribution in [0.2, 0.25) is 0 Å². The maximum absolute atomic E-state index is 5.34. The highest BCUT2D eigenvalue weighted by atomic mass is 127. The first-order valence-electron chi connectivity index (χ1n) is 7.34. The molecule has 2 nitrogen and oxygen atoms in total. The molecule has 1 aliphatic carbocycles. The van der Waals surface area contributed by atoms with Crippen molar-refractivity contribution in [3.8, 4) is 5.75 Å². The number of ether oxygens (including phenoxy) is 1. The molecule has 1 N–H and O–H groups in total. The van der Waals surface area contributed by atoms with Crippen LogP contribution >= 0.6 is 22.6 Å². The normalized spacial score (nSPS) is 17.2. The van der Waals surface area contributed by atoms with Crippen molar-refractivity contribution in [1.82, 2.24) is 0 Å². The fourth-order valence-electron chi connectivity index (χ4n) is 2.90. The molecule has 0 spiro atoms. The number of fused-ring (bicyclic) bond motifs is 1. The van der Waals surface area contributed by atoms with Crippen LogP contribution in [0, 0.1) is 10.5 Å². The number of anilines is 1. The SMILES string of the molecule is COc1ccc2c(c1)CC(Nc1ccc(C)c(I)c1)CC2. The first kappa shape index (κ1) is 14.7. The van der Waals surface area contributed by atoms with Gasteiger partial charge in [-0.25, -0.2) is 0 Å². The van der Waals surface area contributed by atoms with Crippen molar-refractivity contribution in [2.24, 2.45) is 0 Å². The van der Waals surface area contributed by atoms with Crippen LogP contribution < -0.4 is 10.1 Å². The van der Waals surface area contributed by atoms with Gasteiger partial charge in [0.25, 0.3) is 0 Å². The number of rotatable bonds is 3. The van der Waals surface area contributed by atoms with Crippen molar-refractivity contribution < 1.29 is 4.74 Å². The van der Waals surface area contributed by atoms with Crippen LogP contribution in [0.4, 0.5) is 5.69 Å². The van der Waals surface area contributed by atoms with E-state index in [4.69, 9.17) is 4.74 Å². The molecule has 0 saturated heterocycles. The smallest absolute Gasteiger partial charge is 0.119 e. The Labute approximate surface area is 140 Å². The van der Waals surface area contributed by atoms with Crippen molar-refractivity contribution in [2.45, 2.75) is 32.2 Å². The third kappa shape index (κ3) is 3.34. The Morgan fingerprint density at radius 3 is 2.76 bits per heavy atom. The lowest BCUT2D eigenvalue weighted by Gasteiger charge is -2.27. The number of methoxy groups -OCH3 is 1. The maximum Gasteiger partial charge on any atom is 0.119 e. The molecule has 1 unspecified atom stereocenters. The molecule has 0 fully saturated rings. The molecule has 21 heavy (non-hydrogen) atoms. The summed E-state index contributed by atoms with van der Waals surface area (Å²) in [6, 6.07) is 13.6. The van der Waals surface area contributed by atoms with Crippen LogP contribution in [0.3, 0.4) is 0 Å². The molecule has 110 valence electrons. The molecule has 0 aromatic heterocycles. The number of hydrogen-bond acceptors (Lipinski definition) is 2. The summed E-state index contributed by atoms with van der Waals surface area (Å²) in [5, 5.41) is 3.68. The summed E-state index contributed by atoms with van der Waals surface area (Å²) in [4.78, 5) is 0. The van der Waals surface area contributed by atoms with E-state index in [0.29, 0.717) is 6.04 Å². The number of aryl methyl sites for hydroxylation is 2. The largest absolute Gasteiger partial charge is 0.497 e. The topological polar surface area (TPSA) is 21.3 Å². The van der Waals surface area contributed by atoms with E-state index < -0.39 is 0 Å². The minimum atomic E-state index is 0.503. The fourth-order valence-corrected chi connectivity index (χ4v) is 3.42. The lowest BCUT2D eigenvalue weighted by molar-refractivity contribution is 0.413. The van der Waals surface area contributed by atoms with Gasteiger partial charge in [0, 0.05) is 15.3 Å². The Hall–Kier alpha value is -1.23. The van der Waals surface area contributed by atoms with Crippen LogP contribution in [0.5, 0.6) is 5.75 Å². The Kier molecular flexibility index (Phi) is 4.38. The van der Waals surface area contributed by atoms with Gasteiger partial charge in [-0.05, 0) is 89.7 Å². The maximum atomic E-state index is 5.34. The summed E-state index contributed by atoms with van der Waals surface area (Å²) in [5.41, 5.74) is 5.44. The van der Waals surface area contributed by atoms with Crippen molar-refractivity contribution in [3.05, 3.63) is 56.7 Å². The minimum Gasteiger partial charge on any atom is -0.497 e. The van der Waals surface area contributed by atoms with Gasteiger partial charge in [-0.1, -0.05) is 12.1 Å². The van der Waals surface area contributed by atoms with Crippen LogP contribution in [-0.4, -0.2) is 13.2 Å². The zero-order valence-corrected chi connectivity index (χ0v) is 14.6. The first-order chi connectivity index (χ1) is 10.2. The van der Waals surface area contributed by atoms with Crippen molar-refractivity contribution in [2.75, 3.05) is 12.4 Å². The molecule has 3 heteroatoms. The van der Waals surface area contributed by atoms with Gasteiger partial charge in [0.15, 0.2) is 0 Å². The van der Waals surface area contributed by atoms with Crippen molar-refractivity contribution in [3.63, 3.8) is 0 Å². The quantitative estimate of drug-likeness (QED) is 0.771. The molecule has 0 saturated carbocycles. The molecule has 0 bridgehead atoms. The Bertz CT molecular complexity index is 654. The van der Waals surface area contributed by atoms with Crippen LogP contribution in [0.25, 0.3) is 0 Å². The summed E-state index contributed by atoms with van der Waals surface area (Å²) in [6.45, 7) is 2.15. The van der Waals surface area contributed by atoms with Gasteiger partial charge < -0.3 is 10.1 Å². The second-order valence-corrected chi connectivity index (χ2v) is 6.84. The lowest BCUT2D eigenvalue weighted by Crippen LogP contribution is -2.27. The molecule has 2 aromatic carbocycles. The predicted octanol–water partition coefficient (Wildman–Crippen LogP) is 4.58. The average molecular weight is 393 g/mol. The third-order valence-electron chi connectivity index (χ3n) is 4.18. The molecule has 1 aliphatic rings. The van der Waals surface area contributed by atoms with Gasteiger partial charge in [-0.2, -0.15) is 0 Å². The van der Waals surface area contributed by atoms with E-state index in [9.17, 15) is 0 Å². The lowest BCUT2D eigenvalue weighted by atomic mass is 9.88. The first-order valence-corrected chi connectivity index (χ1v) is 8.42. The predicted molar refractivity (Wildman–Crippen MR) is 96.3 cm³/mol. The molecule has 0 amide bonds. The van der Waals surface area contributed by atoms with Gasteiger partial charge in [-0.15, -0.1) is 0 Å². The zero-order valence-electron chi connectivity index (χ0n) is 12.4. The third-order valence-corrected chi connectivity index (χ3v) is 5.35. The van der Waals surface area contributed by atoms with Gasteiger partial charge in [-0.3, -0.25) is 0 Å². The van der Waals surface area contributed by atoms with Gasteiger partial charge >= 0.3 is 0 Å². The van der Waals surface area contributed by atoms with Crippen LogP contribution in [0.1, 0.15) is 23.1 Å². The van der Waals surface area contributed by atoms with Gasteiger partial charge in [0.1, 0.15) is 5.75 Å². The molecule has 0 aliphatic heterocycles. The van der Waals surface area contributed by atoms with Crippen molar-refractivity contribution in [1.29, 1.82) is 0 Å². The van der Waals surface area contributed by atoms with E-state index in [1.54, 1.807) is 7.11 Å². The standard InChI is InChI=1S/C18H20INO/c1-12-3-6-16(11-18(12)19)20-15-7-4-13-5-8-17(21-2)10-14(13)9-15/h3,5-6,8,10-11,15,20H,4,7,9H2,1-2H3. The van der Waals surface area contributed by atoms with E-state index in [-0.39, 0.29) is 0 Å². The second-order valence-electron chi connectivity index (χ2n) is 5.68. The van der Waals surface area contributed by atoms with E-state index in [2.05, 4.69) is 71.2 Å². The number of nitrogens with one attached hydrogen (secondary N) is 1. The second kappa shape index (κ2) is 6.26. The monoisotopic (exact) mass is 393 g/mol. The molecule has 1 atom stereocenters. The number of benzene rings is 2. The van der Waals surface area contributed by atoms with Crippen molar-refractivity contribution >= 4 is 28.3 Å². The Balaban J connectivity index is 1.74. The van der Waals surface area contributed by atoms with E-state index in [1.165, 1.54) is 32.4 Å². The van der Waals surface area contributed by atoms with Gasteiger partial charge in [0.05, 0.1) is 7.11 Å². The van der Waals surface area contributed by atoms with E-state index in [1.807, 2.05) is 0 Å². The average Bonchev–Trinajstić information content (AvgIpc) is 2.50. The Morgan fingerprint density at radius 2 is 2.00 bits per heavy atom. The summed E-state index contributed by atoms with van der Waals surface area (Å²) in [5.74, 6) is 0.958. The summed E-state index contributed by atoms with van der Waals surface area (Å²) >= 11 is 2.40. The van der Waals surface area contributed by atoms with E-state index in [0.717, 1.165) is 18.6 Å². The summed E-state index contributed by atoms with van der Waals surface area (Å²) in [6.07, 6.45) is 3.39. The highest BCUT2D eigenvalue weighted by Gasteiger charge is 2.19. The minimum absolute atomic E-state index is 0.503. The molecule has 0 radical (unpaired) electrons. The Morgan fingerprint density at radius 1 is 1.14 bits per heavy atom. The molecule has 0 heterocycles. The molecular weight excluding hydrogens is 373 g/mol. The zero-order chi connectivity index (χ0) is 14.8. The summed E-state index contributed by atoms with van der Waals surface area (Å²) in [7, 11) is 1.73. The highest BCUT2D eigenvalue weighted by molar-refractivity contribution is 14.1. The van der Waals surface area contributed by atoms with E-state index >= 15 is 0 Å². The van der Waals surface area contributed by atoms with Crippen LogP contribution in [0.15, 0.2) is 36.4 Å². The molecule has 3 rings (SSSR count). The fraction of sp³-hybridized carbons (Fsp3) is 0.333. The molecular formula is C18H20INO. The number of halogens is 1. The number of hydrogen-bond donors (Lipinski definition) is 1. The summed E-state index contributed by atoms with van der Waals surface area (Å²) < 4.78 is 6.66. The molecule has 2 aromatic rings. The van der Waals surface area contributed by atoms with Crippen LogP contribution in [-0.2, 0) is 12.8 Å². The highest BCUT2D eigenvalue weighted by Crippen LogP contribution is 2.27. The van der Waals surface area contributed by atoms with Gasteiger partial charge in [0.2, 0.25) is 0 Å².